The SMILES string of the molecule is CC1(C)C=Cc2cccc3c2C(=C1)CC3. The molecule has 1 aromatic rings. The summed E-state index contributed by atoms with van der Waals surface area (Å²) >= 11 is 0. The Morgan fingerprint density at radius 1 is 1.13 bits per heavy atom. The highest BCUT2D eigenvalue weighted by Gasteiger charge is 2.23. The average molecular weight is 196 g/mol. The summed E-state index contributed by atoms with van der Waals surface area (Å²) in [6.07, 6.45) is 9.48. The van der Waals surface area contributed by atoms with Crippen LogP contribution in [0.2, 0.25) is 0 Å². The molecule has 0 heterocycles. The average Bonchev–Trinajstić information content (AvgIpc) is 2.52. The van der Waals surface area contributed by atoms with Gasteiger partial charge in [-0.05, 0) is 35.1 Å². The molecular weight excluding hydrogens is 180 g/mol. The summed E-state index contributed by atoms with van der Waals surface area (Å²) in [4.78, 5) is 0. The van der Waals surface area contributed by atoms with E-state index in [2.05, 4.69) is 50.3 Å². The molecule has 0 N–H and O–H groups in total. The first-order valence-corrected chi connectivity index (χ1v) is 5.69. The van der Waals surface area contributed by atoms with Crippen LogP contribution in [0.4, 0.5) is 0 Å². The van der Waals surface area contributed by atoms with Crippen LogP contribution in [0.1, 0.15) is 37.0 Å². The van der Waals surface area contributed by atoms with Crippen molar-refractivity contribution >= 4 is 11.6 Å². The Bertz CT molecular complexity index is 473. The van der Waals surface area contributed by atoms with Crippen LogP contribution in [-0.4, -0.2) is 0 Å². The topological polar surface area (TPSA) is 0 Å². The van der Waals surface area contributed by atoms with Crippen LogP contribution in [0.25, 0.3) is 11.6 Å². The quantitative estimate of drug-likeness (QED) is 0.586. The summed E-state index contributed by atoms with van der Waals surface area (Å²) in [5, 5.41) is 0. The third-order valence-corrected chi connectivity index (χ3v) is 3.41. The molecule has 2 aliphatic carbocycles. The van der Waals surface area contributed by atoms with Gasteiger partial charge in [0.1, 0.15) is 0 Å². The van der Waals surface area contributed by atoms with Gasteiger partial charge in [0.15, 0.2) is 0 Å². The molecule has 0 unspecified atom stereocenters. The van der Waals surface area contributed by atoms with Crippen molar-refractivity contribution in [1.82, 2.24) is 0 Å². The van der Waals surface area contributed by atoms with E-state index >= 15 is 0 Å². The number of aryl methyl sites for hydroxylation is 1. The molecule has 76 valence electrons. The van der Waals surface area contributed by atoms with Crippen LogP contribution >= 0.6 is 0 Å². The van der Waals surface area contributed by atoms with Crippen molar-refractivity contribution in [3.05, 3.63) is 47.0 Å². The zero-order chi connectivity index (χ0) is 10.5. The maximum Gasteiger partial charge on any atom is 0.00138 e. The Hall–Kier alpha value is -1.30. The van der Waals surface area contributed by atoms with Gasteiger partial charge < -0.3 is 0 Å². The largest absolute Gasteiger partial charge is 0.0745 e. The summed E-state index contributed by atoms with van der Waals surface area (Å²) in [5.74, 6) is 0. The number of hydrogen-bond donors (Lipinski definition) is 0. The molecule has 0 aromatic heterocycles. The van der Waals surface area contributed by atoms with Gasteiger partial charge >= 0.3 is 0 Å². The monoisotopic (exact) mass is 196 g/mol. The van der Waals surface area contributed by atoms with E-state index in [1.165, 1.54) is 29.5 Å². The van der Waals surface area contributed by atoms with Gasteiger partial charge in [0, 0.05) is 5.41 Å². The van der Waals surface area contributed by atoms with Crippen molar-refractivity contribution in [2.75, 3.05) is 0 Å². The normalized spacial score (nSPS) is 20.8. The molecular formula is C15H16. The predicted octanol–water partition coefficient (Wildman–Crippen LogP) is 4.07. The highest BCUT2D eigenvalue weighted by Crippen LogP contribution is 2.40. The first-order valence-electron chi connectivity index (χ1n) is 5.69. The van der Waals surface area contributed by atoms with E-state index in [0.717, 1.165) is 0 Å². The maximum atomic E-state index is 2.44. The number of benzene rings is 1. The molecule has 15 heavy (non-hydrogen) atoms. The first-order chi connectivity index (χ1) is 7.16. The lowest BCUT2D eigenvalue weighted by Crippen LogP contribution is -2.01. The fourth-order valence-electron chi connectivity index (χ4n) is 2.70. The smallest absolute Gasteiger partial charge is 0.00138 e. The molecule has 0 radical (unpaired) electrons. The Morgan fingerprint density at radius 2 is 2.00 bits per heavy atom. The lowest BCUT2D eigenvalue weighted by molar-refractivity contribution is 0.630. The maximum absolute atomic E-state index is 2.44. The minimum Gasteiger partial charge on any atom is -0.0745 e. The van der Waals surface area contributed by atoms with Gasteiger partial charge in [-0.25, -0.2) is 0 Å². The fraction of sp³-hybridized carbons (Fsp3) is 0.333. The Balaban J connectivity index is 2.30. The second kappa shape index (κ2) is 2.85. The molecule has 2 aliphatic rings. The van der Waals surface area contributed by atoms with Crippen molar-refractivity contribution in [1.29, 1.82) is 0 Å². The molecule has 0 saturated carbocycles. The lowest BCUT2D eigenvalue weighted by Gasteiger charge is -2.14. The molecule has 0 amide bonds. The highest BCUT2D eigenvalue weighted by molar-refractivity contribution is 5.82. The predicted molar refractivity (Wildman–Crippen MR) is 65.6 cm³/mol. The molecule has 0 atom stereocenters. The molecule has 0 saturated heterocycles. The van der Waals surface area contributed by atoms with Crippen LogP contribution in [-0.2, 0) is 6.42 Å². The summed E-state index contributed by atoms with van der Waals surface area (Å²) in [5.41, 5.74) is 6.20. The van der Waals surface area contributed by atoms with E-state index in [1.807, 2.05) is 0 Å². The Labute approximate surface area is 91.3 Å². The minimum atomic E-state index is 0.204. The van der Waals surface area contributed by atoms with Gasteiger partial charge in [0.25, 0.3) is 0 Å². The van der Waals surface area contributed by atoms with Gasteiger partial charge in [-0.15, -0.1) is 0 Å². The fourth-order valence-corrected chi connectivity index (χ4v) is 2.70. The zero-order valence-electron chi connectivity index (χ0n) is 9.38. The van der Waals surface area contributed by atoms with Gasteiger partial charge in [-0.1, -0.05) is 50.3 Å². The molecule has 0 nitrogen and oxygen atoms in total. The van der Waals surface area contributed by atoms with Gasteiger partial charge in [-0.3, -0.25) is 0 Å². The van der Waals surface area contributed by atoms with E-state index in [1.54, 1.807) is 5.57 Å². The van der Waals surface area contributed by atoms with Gasteiger partial charge in [-0.2, -0.15) is 0 Å². The van der Waals surface area contributed by atoms with E-state index in [-0.39, 0.29) is 5.41 Å². The molecule has 0 heteroatoms. The van der Waals surface area contributed by atoms with Gasteiger partial charge in [0.2, 0.25) is 0 Å². The van der Waals surface area contributed by atoms with Crippen LogP contribution in [0.15, 0.2) is 30.4 Å². The summed E-state index contributed by atoms with van der Waals surface area (Å²) in [7, 11) is 0. The summed E-state index contributed by atoms with van der Waals surface area (Å²) in [6.45, 7) is 4.56. The second-order valence-electron chi connectivity index (χ2n) is 5.21. The molecule has 0 fully saturated rings. The van der Waals surface area contributed by atoms with E-state index in [0.29, 0.717) is 0 Å². The number of allylic oxidation sites excluding steroid dienone is 3. The summed E-state index contributed by atoms with van der Waals surface area (Å²) in [6, 6.07) is 6.68. The van der Waals surface area contributed by atoms with Crippen LogP contribution in [0, 0.1) is 5.41 Å². The molecule has 3 rings (SSSR count). The standard InChI is InChI=1S/C15H16/c1-15(2)9-8-12-5-3-4-11-6-7-13(10-15)14(11)12/h3-5,8-10H,6-7H2,1-2H3. The van der Waals surface area contributed by atoms with Crippen LogP contribution in [0.3, 0.4) is 0 Å². The van der Waals surface area contributed by atoms with Crippen LogP contribution < -0.4 is 0 Å². The highest BCUT2D eigenvalue weighted by atomic mass is 14.3. The number of rotatable bonds is 0. The molecule has 0 spiro atoms. The first kappa shape index (κ1) is 8.96. The Kier molecular flexibility index (Phi) is 1.70. The van der Waals surface area contributed by atoms with Crippen molar-refractivity contribution in [3.63, 3.8) is 0 Å². The van der Waals surface area contributed by atoms with Crippen molar-refractivity contribution in [2.45, 2.75) is 26.7 Å². The van der Waals surface area contributed by atoms with E-state index in [4.69, 9.17) is 0 Å². The molecule has 1 aromatic carbocycles. The third kappa shape index (κ3) is 1.36. The molecule has 0 aliphatic heterocycles. The zero-order valence-corrected chi connectivity index (χ0v) is 9.38. The number of hydrogen-bond acceptors (Lipinski definition) is 0. The minimum absolute atomic E-state index is 0.204. The van der Waals surface area contributed by atoms with Gasteiger partial charge in [0.05, 0.1) is 0 Å². The van der Waals surface area contributed by atoms with Crippen LogP contribution in [0.5, 0.6) is 0 Å². The molecule has 0 bridgehead atoms. The summed E-state index contributed by atoms with van der Waals surface area (Å²) < 4.78 is 0. The lowest BCUT2D eigenvalue weighted by atomic mass is 9.91. The van der Waals surface area contributed by atoms with Crippen molar-refractivity contribution < 1.29 is 0 Å². The van der Waals surface area contributed by atoms with Crippen molar-refractivity contribution in [3.8, 4) is 0 Å². The Morgan fingerprint density at radius 3 is 2.87 bits per heavy atom. The van der Waals surface area contributed by atoms with E-state index < -0.39 is 0 Å². The third-order valence-electron chi connectivity index (χ3n) is 3.41. The second-order valence-corrected chi connectivity index (χ2v) is 5.21. The van der Waals surface area contributed by atoms with E-state index in [9.17, 15) is 0 Å². The van der Waals surface area contributed by atoms with Crippen molar-refractivity contribution in [2.24, 2.45) is 5.41 Å².